The van der Waals surface area contributed by atoms with E-state index in [0.717, 1.165) is 37.4 Å². The number of piperidine rings is 1. The predicted octanol–water partition coefficient (Wildman–Crippen LogP) is 6.03. The van der Waals surface area contributed by atoms with Gasteiger partial charge >= 0.3 is 6.18 Å². The van der Waals surface area contributed by atoms with Crippen molar-refractivity contribution in [2.45, 2.75) is 75.5 Å². The van der Waals surface area contributed by atoms with Crippen LogP contribution in [0, 0.1) is 11.7 Å². The van der Waals surface area contributed by atoms with Gasteiger partial charge in [0, 0.05) is 46.8 Å². The van der Waals surface area contributed by atoms with Crippen LogP contribution < -0.4 is 10.2 Å². The number of nitrogens with one attached hydrogen (secondary N) is 1. The molecular weight excluding hydrogens is 508 g/mol. The Balaban J connectivity index is 1.29. The molecule has 1 aromatic carbocycles. The summed E-state index contributed by atoms with van der Waals surface area (Å²) in [4.78, 5) is 24.1. The molecule has 4 aliphatic rings. The van der Waals surface area contributed by atoms with Gasteiger partial charge in [-0.05, 0) is 75.6 Å². The summed E-state index contributed by atoms with van der Waals surface area (Å²) in [6, 6.07) is 5.35. The third-order valence-electron chi connectivity index (χ3n) is 7.98. The average Bonchev–Trinajstić information content (AvgIpc) is 3.75. The first kappa shape index (κ1) is 24.6. The van der Waals surface area contributed by atoms with Gasteiger partial charge in [0.2, 0.25) is 0 Å². The Labute approximate surface area is 217 Å². The predicted molar refractivity (Wildman–Crippen MR) is 133 cm³/mol. The zero-order valence-electron chi connectivity index (χ0n) is 20.3. The van der Waals surface area contributed by atoms with Crippen molar-refractivity contribution in [1.29, 1.82) is 0 Å². The van der Waals surface area contributed by atoms with Crippen molar-refractivity contribution < 1.29 is 22.4 Å². The molecule has 3 heterocycles. The fourth-order valence-electron chi connectivity index (χ4n) is 5.70. The van der Waals surface area contributed by atoms with Crippen LogP contribution in [0.25, 0.3) is 0 Å². The molecule has 6 rings (SSSR count). The van der Waals surface area contributed by atoms with E-state index in [2.05, 4.69) is 15.2 Å². The summed E-state index contributed by atoms with van der Waals surface area (Å²) < 4.78 is 54.8. The third kappa shape index (κ3) is 4.60. The van der Waals surface area contributed by atoms with Crippen molar-refractivity contribution in [1.82, 2.24) is 10.3 Å². The zero-order chi connectivity index (χ0) is 26.1. The fourth-order valence-corrected chi connectivity index (χ4v) is 5.90. The van der Waals surface area contributed by atoms with Crippen LogP contribution >= 0.6 is 11.6 Å². The van der Waals surface area contributed by atoms with Gasteiger partial charge in [-0.15, -0.1) is 0 Å². The first-order chi connectivity index (χ1) is 17.5. The number of amidine groups is 1. The van der Waals surface area contributed by atoms with Gasteiger partial charge in [0.15, 0.2) is 0 Å². The van der Waals surface area contributed by atoms with Crippen molar-refractivity contribution in [3.63, 3.8) is 0 Å². The second-order valence-electron chi connectivity index (χ2n) is 10.9. The number of hydrogen-bond acceptors (Lipinski definition) is 4. The first-order valence-corrected chi connectivity index (χ1v) is 13.2. The van der Waals surface area contributed by atoms with E-state index in [4.69, 9.17) is 16.6 Å². The maximum absolute atomic E-state index is 14.9. The van der Waals surface area contributed by atoms with E-state index in [-0.39, 0.29) is 29.5 Å². The van der Waals surface area contributed by atoms with Gasteiger partial charge in [-0.25, -0.2) is 9.37 Å². The standard InChI is InChI=1S/C27H27ClF4N4O/c1-14-13-26(8-9-36(14)21-12-17(28)11-20(29)19(21)10-15-2-3-15)25(37)34-24(35-26)18-6-7-22(27(30,31)32)33-23(18)16-4-5-16/h6-7,11-12,14-16H,2-5,8-10,13H2,1H3,(H,34,35,37)/t14-,26+/m0/s1. The maximum Gasteiger partial charge on any atom is 0.433 e. The Morgan fingerprint density at radius 3 is 2.59 bits per heavy atom. The molecule has 0 unspecified atom stereocenters. The number of alkyl halides is 3. The number of hydrogen-bond donors (Lipinski definition) is 1. The van der Waals surface area contributed by atoms with Crippen LogP contribution in [-0.4, -0.2) is 34.9 Å². The smallest absolute Gasteiger partial charge is 0.368 e. The molecule has 1 aromatic heterocycles. The SMILES string of the molecule is C[C@H]1C[C@@]2(CCN1c1cc(Cl)cc(F)c1CC1CC1)N=C(c1ccc(C(F)(F)F)nc1C1CC1)NC2=O. The minimum Gasteiger partial charge on any atom is -0.368 e. The molecule has 1 N–H and O–H groups in total. The summed E-state index contributed by atoms with van der Waals surface area (Å²) >= 11 is 6.23. The highest BCUT2D eigenvalue weighted by Gasteiger charge is 2.49. The number of aromatic nitrogens is 1. The van der Waals surface area contributed by atoms with E-state index in [9.17, 15) is 22.4 Å². The maximum atomic E-state index is 14.9. The van der Waals surface area contributed by atoms with Gasteiger partial charge in [0.1, 0.15) is 22.9 Å². The van der Waals surface area contributed by atoms with Crippen molar-refractivity contribution in [3.8, 4) is 0 Å². The Kier molecular flexibility index (Phi) is 5.78. The minimum absolute atomic E-state index is 0.0585. The van der Waals surface area contributed by atoms with Gasteiger partial charge in [0.25, 0.3) is 5.91 Å². The lowest BCUT2D eigenvalue weighted by molar-refractivity contribution is -0.141. The molecule has 2 aliphatic carbocycles. The van der Waals surface area contributed by atoms with E-state index in [0.29, 0.717) is 53.6 Å². The van der Waals surface area contributed by atoms with Gasteiger partial charge < -0.3 is 10.2 Å². The van der Waals surface area contributed by atoms with Crippen molar-refractivity contribution >= 4 is 29.0 Å². The van der Waals surface area contributed by atoms with Crippen LogP contribution in [0.2, 0.25) is 5.02 Å². The first-order valence-electron chi connectivity index (χ1n) is 12.8. The van der Waals surface area contributed by atoms with Crippen molar-refractivity contribution in [2.24, 2.45) is 10.9 Å². The number of anilines is 1. The fraction of sp³-hybridized carbons (Fsp3) is 0.519. The van der Waals surface area contributed by atoms with Crippen LogP contribution in [0.1, 0.15) is 73.9 Å². The highest BCUT2D eigenvalue weighted by Crippen LogP contribution is 2.44. The number of aliphatic imine (C=N–C) groups is 1. The summed E-state index contributed by atoms with van der Waals surface area (Å²) in [5.74, 6) is 0.162. The van der Waals surface area contributed by atoms with Crippen molar-refractivity contribution in [3.05, 3.63) is 57.6 Å². The van der Waals surface area contributed by atoms with E-state index < -0.39 is 17.4 Å². The molecule has 0 radical (unpaired) electrons. The van der Waals surface area contributed by atoms with Gasteiger partial charge in [-0.2, -0.15) is 13.2 Å². The molecule has 2 aromatic rings. The van der Waals surface area contributed by atoms with Gasteiger partial charge in [0.05, 0.1) is 5.69 Å². The topological polar surface area (TPSA) is 57.6 Å². The van der Waals surface area contributed by atoms with Crippen LogP contribution in [0.4, 0.5) is 23.2 Å². The number of benzene rings is 1. The van der Waals surface area contributed by atoms with Crippen LogP contribution in [0.5, 0.6) is 0 Å². The van der Waals surface area contributed by atoms with Gasteiger partial charge in [-0.1, -0.05) is 11.6 Å². The molecule has 5 nitrogen and oxygen atoms in total. The van der Waals surface area contributed by atoms with E-state index in [1.165, 1.54) is 12.1 Å². The lowest BCUT2D eigenvalue weighted by atomic mass is 9.83. The molecule has 37 heavy (non-hydrogen) atoms. The van der Waals surface area contributed by atoms with Crippen molar-refractivity contribution in [2.75, 3.05) is 11.4 Å². The zero-order valence-corrected chi connectivity index (χ0v) is 21.1. The molecule has 0 bridgehead atoms. The van der Waals surface area contributed by atoms with E-state index >= 15 is 0 Å². The molecule has 1 saturated heterocycles. The number of amides is 1. The lowest BCUT2D eigenvalue weighted by Gasteiger charge is -2.42. The third-order valence-corrected chi connectivity index (χ3v) is 8.20. The summed E-state index contributed by atoms with van der Waals surface area (Å²) in [7, 11) is 0. The number of rotatable bonds is 5. The summed E-state index contributed by atoms with van der Waals surface area (Å²) in [5, 5.41) is 3.18. The quantitative estimate of drug-likeness (QED) is 0.477. The number of carbonyl (C=O) groups is 1. The Morgan fingerprint density at radius 2 is 1.95 bits per heavy atom. The molecule has 2 atom stereocenters. The normalized spacial score (nSPS) is 26.0. The average molecular weight is 535 g/mol. The second-order valence-corrected chi connectivity index (χ2v) is 11.3. The molecule has 1 amide bonds. The second kappa shape index (κ2) is 8.68. The van der Waals surface area contributed by atoms with Crippen LogP contribution in [0.15, 0.2) is 29.3 Å². The number of halogens is 5. The lowest BCUT2D eigenvalue weighted by Crippen LogP contribution is -2.53. The highest BCUT2D eigenvalue weighted by atomic mass is 35.5. The monoisotopic (exact) mass is 534 g/mol. The van der Waals surface area contributed by atoms with E-state index in [1.54, 1.807) is 6.07 Å². The summed E-state index contributed by atoms with van der Waals surface area (Å²) in [6.45, 7) is 2.46. The minimum atomic E-state index is -4.54. The van der Waals surface area contributed by atoms with E-state index in [1.807, 2.05) is 6.92 Å². The Hall–Kier alpha value is -2.68. The summed E-state index contributed by atoms with van der Waals surface area (Å²) in [6.07, 6.45) is 0.644. The molecular formula is C27H27ClF4N4O. The summed E-state index contributed by atoms with van der Waals surface area (Å²) in [5.41, 5.74) is 0.276. The Bertz CT molecular complexity index is 1300. The molecule has 196 valence electrons. The van der Waals surface area contributed by atoms with Gasteiger partial charge in [-0.3, -0.25) is 9.79 Å². The molecule has 3 fully saturated rings. The molecule has 2 saturated carbocycles. The Morgan fingerprint density at radius 1 is 1.19 bits per heavy atom. The number of pyridine rings is 1. The van der Waals surface area contributed by atoms with Crippen LogP contribution in [-0.2, 0) is 17.4 Å². The molecule has 10 heteroatoms. The molecule has 2 aliphatic heterocycles. The number of nitrogens with zero attached hydrogens (tertiary/aromatic N) is 3. The highest BCUT2D eigenvalue weighted by molar-refractivity contribution is 6.30. The molecule has 1 spiro atoms. The number of carbonyl (C=O) groups excluding carboxylic acids is 1. The van der Waals surface area contributed by atoms with Crippen LogP contribution in [0.3, 0.4) is 0 Å². The largest absolute Gasteiger partial charge is 0.433 e.